The fourth-order valence-corrected chi connectivity index (χ4v) is 2.85. The molecule has 0 spiro atoms. The fourth-order valence-electron chi connectivity index (χ4n) is 2.72. The van der Waals surface area contributed by atoms with Gasteiger partial charge in [0.1, 0.15) is 0 Å². The Morgan fingerprint density at radius 3 is 2.58 bits per heavy atom. The number of imidazole rings is 1. The highest BCUT2D eigenvalue weighted by molar-refractivity contribution is 6.30. The molecule has 9 heteroatoms. The van der Waals surface area contributed by atoms with E-state index in [4.69, 9.17) is 11.6 Å². The first-order chi connectivity index (χ1) is 12.4. The van der Waals surface area contributed by atoms with Crippen molar-refractivity contribution in [2.75, 3.05) is 32.5 Å². The summed E-state index contributed by atoms with van der Waals surface area (Å²) in [5.41, 5.74) is 0.760. The number of fused-ring (bicyclic) bond motifs is 1. The van der Waals surface area contributed by atoms with Crippen LogP contribution in [0.1, 0.15) is 5.56 Å². The first kappa shape index (κ1) is 18.2. The number of anilines is 1. The average Bonchev–Trinajstić information content (AvgIpc) is 2.94. The zero-order chi connectivity index (χ0) is 18.8. The normalized spacial score (nSPS) is 11.4. The number of aromatic nitrogens is 4. The predicted octanol–water partition coefficient (Wildman–Crippen LogP) is -0.319. The Labute approximate surface area is 155 Å². The third kappa shape index (κ3) is 3.66. The lowest BCUT2D eigenvalue weighted by Gasteiger charge is -2.12. The summed E-state index contributed by atoms with van der Waals surface area (Å²) in [6, 6.07) is 7.41. The van der Waals surface area contributed by atoms with E-state index in [-0.39, 0.29) is 0 Å². The predicted molar refractivity (Wildman–Crippen MR) is 102 cm³/mol. The molecule has 0 fully saturated rings. The molecule has 2 heterocycles. The molecule has 0 aliphatic heterocycles. The summed E-state index contributed by atoms with van der Waals surface area (Å²) in [5.74, 6) is 0.558. The zero-order valence-electron chi connectivity index (χ0n) is 15.0. The molecule has 3 rings (SSSR count). The molecule has 3 N–H and O–H groups in total. The molecule has 0 amide bonds. The lowest BCUT2D eigenvalue weighted by Crippen LogP contribution is -3.06. The number of hydrogen-bond acceptors (Lipinski definition) is 4. The minimum Gasteiger partial charge on any atom is -0.350 e. The van der Waals surface area contributed by atoms with Gasteiger partial charge in [-0.2, -0.15) is 4.98 Å². The number of rotatable bonds is 6. The van der Waals surface area contributed by atoms with Crippen molar-refractivity contribution in [3.8, 4) is 0 Å². The zero-order valence-corrected chi connectivity index (χ0v) is 15.7. The lowest BCUT2D eigenvalue weighted by atomic mass is 10.2. The molecule has 3 aromatic rings. The van der Waals surface area contributed by atoms with Gasteiger partial charge in [0.15, 0.2) is 11.2 Å². The topological polar surface area (TPSA) is 89.2 Å². The highest BCUT2D eigenvalue weighted by atomic mass is 35.5. The van der Waals surface area contributed by atoms with Crippen LogP contribution in [0.15, 0.2) is 33.9 Å². The Hall–Kier alpha value is -2.58. The Balaban J connectivity index is 2.09. The summed E-state index contributed by atoms with van der Waals surface area (Å²) >= 11 is 5.95. The Bertz CT molecular complexity index is 1030. The van der Waals surface area contributed by atoms with E-state index in [1.54, 1.807) is 23.7 Å². The van der Waals surface area contributed by atoms with Crippen molar-refractivity contribution in [2.45, 2.75) is 6.54 Å². The maximum atomic E-state index is 12.4. The molecule has 1 aromatic carbocycles. The highest BCUT2D eigenvalue weighted by Crippen LogP contribution is 2.18. The van der Waals surface area contributed by atoms with Gasteiger partial charge in [0.25, 0.3) is 5.56 Å². The van der Waals surface area contributed by atoms with Crippen LogP contribution < -0.4 is 21.5 Å². The van der Waals surface area contributed by atoms with Crippen LogP contribution in [0.4, 0.5) is 5.95 Å². The number of halogens is 1. The van der Waals surface area contributed by atoms with Crippen molar-refractivity contribution in [1.82, 2.24) is 19.1 Å². The molecule has 8 nitrogen and oxygen atoms in total. The van der Waals surface area contributed by atoms with E-state index < -0.39 is 11.2 Å². The van der Waals surface area contributed by atoms with E-state index in [0.29, 0.717) is 35.2 Å². The van der Waals surface area contributed by atoms with Gasteiger partial charge in [0.2, 0.25) is 5.95 Å². The quantitative estimate of drug-likeness (QED) is 0.549. The number of benzene rings is 1. The molecule has 0 saturated heterocycles. The molecule has 2 aromatic heterocycles. The standard InChI is InChI=1S/C17H21ClN6O2/c1-22(2)9-8-19-16-20-14-13(15(25)21-17(26)23(14)3)24(16)10-11-4-6-12(18)7-5-11/h4-7H,8-10H2,1-3H3,(H,19,20)(H,21,25,26)/p+1. The van der Waals surface area contributed by atoms with Crippen LogP contribution in [-0.2, 0) is 13.6 Å². The van der Waals surface area contributed by atoms with Gasteiger partial charge in [-0.25, -0.2) is 4.79 Å². The van der Waals surface area contributed by atoms with Gasteiger partial charge in [-0.3, -0.25) is 18.9 Å². The van der Waals surface area contributed by atoms with Crippen LogP contribution in [-0.4, -0.2) is 46.3 Å². The number of H-pyrrole nitrogens is 1. The van der Waals surface area contributed by atoms with E-state index in [2.05, 4.69) is 29.4 Å². The third-order valence-corrected chi connectivity index (χ3v) is 4.42. The Morgan fingerprint density at radius 1 is 1.23 bits per heavy atom. The number of aryl methyl sites for hydroxylation is 1. The summed E-state index contributed by atoms with van der Waals surface area (Å²) in [6.07, 6.45) is 0. The van der Waals surface area contributed by atoms with E-state index in [9.17, 15) is 9.59 Å². The molecule has 0 unspecified atom stereocenters. The average molecular weight is 378 g/mol. The summed E-state index contributed by atoms with van der Waals surface area (Å²) < 4.78 is 3.14. The SMILES string of the molecule is Cn1c(=O)[nH]c(=O)c2c1nc(NCC[NH+](C)C)n2Cc1ccc(Cl)cc1. The molecule has 0 radical (unpaired) electrons. The number of hydrogen-bond donors (Lipinski definition) is 3. The lowest BCUT2D eigenvalue weighted by molar-refractivity contribution is -0.856. The Kier molecular flexibility index (Phi) is 5.15. The van der Waals surface area contributed by atoms with Gasteiger partial charge in [-0.1, -0.05) is 23.7 Å². The van der Waals surface area contributed by atoms with E-state index in [1.807, 2.05) is 12.1 Å². The second-order valence-corrected chi connectivity index (χ2v) is 6.96. The number of aromatic amines is 1. The molecule has 138 valence electrons. The Morgan fingerprint density at radius 2 is 1.92 bits per heavy atom. The second-order valence-electron chi connectivity index (χ2n) is 6.52. The van der Waals surface area contributed by atoms with Crippen LogP contribution in [0.5, 0.6) is 0 Å². The first-order valence-electron chi connectivity index (χ1n) is 8.33. The maximum absolute atomic E-state index is 12.4. The summed E-state index contributed by atoms with van der Waals surface area (Å²) in [7, 11) is 5.72. The van der Waals surface area contributed by atoms with Crippen molar-refractivity contribution >= 4 is 28.7 Å². The molecule has 0 aliphatic carbocycles. The van der Waals surface area contributed by atoms with Crippen molar-refractivity contribution < 1.29 is 4.90 Å². The van der Waals surface area contributed by atoms with E-state index >= 15 is 0 Å². The smallest absolute Gasteiger partial charge is 0.329 e. The molecule has 26 heavy (non-hydrogen) atoms. The summed E-state index contributed by atoms with van der Waals surface area (Å²) in [6.45, 7) is 2.02. The van der Waals surface area contributed by atoms with Crippen LogP contribution in [0.2, 0.25) is 5.02 Å². The van der Waals surface area contributed by atoms with Gasteiger partial charge in [0.05, 0.1) is 33.7 Å². The van der Waals surface area contributed by atoms with Crippen molar-refractivity contribution in [3.05, 3.63) is 55.7 Å². The third-order valence-electron chi connectivity index (χ3n) is 4.17. The molecule has 0 aliphatic rings. The first-order valence-corrected chi connectivity index (χ1v) is 8.71. The number of quaternary nitrogens is 1. The summed E-state index contributed by atoms with van der Waals surface area (Å²) in [5, 5.41) is 3.93. The van der Waals surface area contributed by atoms with Crippen molar-refractivity contribution in [1.29, 1.82) is 0 Å². The highest BCUT2D eigenvalue weighted by Gasteiger charge is 2.17. The van der Waals surface area contributed by atoms with Gasteiger partial charge in [-0.15, -0.1) is 0 Å². The monoisotopic (exact) mass is 377 g/mol. The van der Waals surface area contributed by atoms with Gasteiger partial charge in [-0.05, 0) is 17.7 Å². The summed E-state index contributed by atoms with van der Waals surface area (Å²) in [4.78, 5) is 32.5. The van der Waals surface area contributed by atoms with Crippen LogP contribution in [0, 0.1) is 0 Å². The van der Waals surface area contributed by atoms with E-state index in [0.717, 1.165) is 12.1 Å². The minimum atomic E-state index is -0.483. The maximum Gasteiger partial charge on any atom is 0.329 e. The minimum absolute atomic E-state index is 0.354. The largest absolute Gasteiger partial charge is 0.350 e. The van der Waals surface area contributed by atoms with Gasteiger partial charge < -0.3 is 10.2 Å². The number of nitrogens with one attached hydrogen (secondary N) is 3. The van der Waals surface area contributed by atoms with Crippen molar-refractivity contribution in [2.24, 2.45) is 7.05 Å². The van der Waals surface area contributed by atoms with Gasteiger partial charge >= 0.3 is 5.69 Å². The fraction of sp³-hybridized carbons (Fsp3) is 0.353. The van der Waals surface area contributed by atoms with Crippen molar-refractivity contribution in [3.63, 3.8) is 0 Å². The van der Waals surface area contributed by atoms with Crippen LogP contribution >= 0.6 is 11.6 Å². The molecule has 0 bridgehead atoms. The van der Waals surface area contributed by atoms with E-state index in [1.165, 1.54) is 9.47 Å². The second kappa shape index (κ2) is 7.35. The molecule has 0 saturated carbocycles. The molecular formula is C17H22ClN6O2+. The number of likely N-dealkylation sites (N-methyl/N-ethyl adjacent to an activating group) is 1. The van der Waals surface area contributed by atoms with Crippen LogP contribution in [0.25, 0.3) is 11.2 Å². The molecule has 0 atom stereocenters. The molecular weight excluding hydrogens is 356 g/mol. The van der Waals surface area contributed by atoms with Crippen LogP contribution in [0.3, 0.4) is 0 Å². The van der Waals surface area contributed by atoms with Gasteiger partial charge in [0, 0.05) is 12.1 Å². The number of nitrogens with zero attached hydrogens (tertiary/aromatic N) is 3.